The number of nitrogens with zero attached hydrogens (tertiary/aromatic N) is 2. The first-order chi connectivity index (χ1) is 8.08. The first kappa shape index (κ1) is 11.8. The van der Waals surface area contributed by atoms with Gasteiger partial charge in [0, 0.05) is 5.56 Å². The quantitative estimate of drug-likeness (QED) is 0.865. The van der Waals surface area contributed by atoms with Crippen LogP contribution in [-0.4, -0.2) is 16.0 Å². The lowest BCUT2D eigenvalue weighted by Crippen LogP contribution is -2.13. The second kappa shape index (κ2) is 4.67. The molecular formula is C11H10BrN3O2. The highest BCUT2D eigenvalue weighted by Crippen LogP contribution is 2.17. The third kappa shape index (κ3) is 2.52. The zero-order valence-corrected chi connectivity index (χ0v) is 10.9. The van der Waals surface area contributed by atoms with E-state index in [9.17, 15) is 4.79 Å². The number of halogens is 1. The molecule has 6 heteroatoms. The van der Waals surface area contributed by atoms with Crippen molar-refractivity contribution in [3.63, 3.8) is 0 Å². The molecule has 0 bridgehead atoms. The topological polar surface area (TPSA) is 68.0 Å². The highest BCUT2D eigenvalue weighted by Gasteiger charge is 2.15. The van der Waals surface area contributed by atoms with Crippen LogP contribution in [0.15, 0.2) is 27.5 Å². The molecule has 1 N–H and O–H groups in total. The molecule has 0 unspecified atom stereocenters. The Morgan fingerprint density at radius 1 is 1.41 bits per heavy atom. The van der Waals surface area contributed by atoms with E-state index in [1.54, 1.807) is 19.1 Å². The summed E-state index contributed by atoms with van der Waals surface area (Å²) in [5.41, 5.74) is 2.07. The number of hydrogen-bond donors (Lipinski definition) is 1. The molecule has 0 saturated heterocycles. The molecule has 5 nitrogen and oxygen atoms in total. The molecule has 2 heterocycles. The highest BCUT2D eigenvalue weighted by atomic mass is 79.9. The lowest BCUT2D eigenvalue weighted by atomic mass is 10.2. The molecule has 88 valence electrons. The summed E-state index contributed by atoms with van der Waals surface area (Å²) >= 11 is 3.26. The molecule has 0 atom stereocenters. The second-order valence-corrected chi connectivity index (χ2v) is 4.37. The maximum absolute atomic E-state index is 11.8. The van der Waals surface area contributed by atoms with Crippen LogP contribution in [0.2, 0.25) is 0 Å². The lowest BCUT2D eigenvalue weighted by molar-refractivity contribution is 0.0987. The predicted octanol–water partition coefficient (Wildman–Crippen LogP) is 2.70. The fraction of sp³-hybridized carbons (Fsp3) is 0.182. The van der Waals surface area contributed by atoms with E-state index in [0.29, 0.717) is 11.3 Å². The number of aryl methyl sites for hydroxylation is 2. The van der Waals surface area contributed by atoms with E-state index in [2.05, 4.69) is 31.4 Å². The third-order valence-corrected chi connectivity index (χ3v) is 2.70. The number of hydrogen-bond acceptors (Lipinski definition) is 4. The fourth-order valence-electron chi connectivity index (χ4n) is 1.35. The largest absolute Gasteiger partial charge is 0.351 e. The monoisotopic (exact) mass is 295 g/mol. The zero-order valence-electron chi connectivity index (χ0n) is 9.32. The van der Waals surface area contributed by atoms with Crippen LogP contribution in [0.25, 0.3) is 0 Å². The van der Waals surface area contributed by atoms with Crippen molar-refractivity contribution in [3.8, 4) is 0 Å². The minimum absolute atomic E-state index is 0.215. The van der Waals surface area contributed by atoms with E-state index < -0.39 is 0 Å². The van der Waals surface area contributed by atoms with Crippen LogP contribution < -0.4 is 5.32 Å². The summed E-state index contributed by atoms with van der Waals surface area (Å²) in [6.45, 7) is 3.58. The number of aromatic nitrogens is 2. The van der Waals surface area contributed by atoms with Crippen molar-refractivity contribution in [1.82, 2.24) is 10.1 Å². The normalized spacial score (nSPS) is 10.3. The first-order valence-corrected chi connectivity index (χ1v) is 5.73. The van der Waals surface area contributed by atoms with Crippen molar-refractivity contribution < 1.29 is 9.32 Å². The Hall–Kier alpha value is -1.69. The van der Waals surface area contributed by atoms with Gasteiger partial charge in [-0.25, -0.2) is 4.98 Å². The molecule has 0 fully saturated rings. The maximum Gasteiger partial charge on any atom is 0.294 e. The standard InChI is InChI=1S/C11H10BrN3O2/c1-6-5-13-17-10(6)11(16)15-8-3-4-9(12)14-7(8)2/h3-5H,1-2H3,(H,15,16). The summed E-state index contributed by atoms with van der Waals surface area (Å²) in [5, 5.41) is 6.29. The van der Waals surface area contributed by atoms with Gasteiger partial charge in [-0.05, 0) is 41.9 Å². The van der Waals surface area contributed by atoms with Crippen LogP contribution in [0.4, 0.5) is 5.69 Å². The molecule has 17 heavy (non-hydrogen) atoms. The SMILES string of the molecule is Cc1cnoc1C(=O)Nc1ccc(Br)nc1C. The summed E-state index contributed by atoms with van der Waals surface area (Å²) in [4.78, 5) is 16.0. The van der Waals surface area contributed by atoms with Gasteiger partial charge in [0.15, 0.2) is 0 Å². The van der Waals surface area contributed by atoms with Gasteiger partial charge in [0.2, 0.25) is 5.76 Å². The number of nitrogens with one attached hydrogen (secondary N) is 1. The van der Waals surface area contributed by atoms with E-state index in [4.69, 9.17) is 4.52 Å². The van der Waals surface area contributed by atoms with Gasteiger partial charge < -0.3 is 9.84 Å². The van der Waals surface area contributed by atoms with Gasteiger partial charge in [0.25, 0.3) is 5.91 Å². The van der Waals surface area contributed by atoms with E-state index >= 15 is 0 Å². The third-order valence-electron chi connectivity index (χ3n) is 2.25. The van der Waals surface area contributed by atoms with Crippen LogP contribution in [0.3, 0.4) is 0 Å². The molecule has 0 spiro atoms. The Balaban J connectivity index is 2.22. The molecule has 0 aliphatic heterocycles. The summed E-state index contributed by atoms with van der Waals surface area (Å²) in [5.74, 6) is -0.112. The maximum atomic E-state index is 11.8. The number of rotatable bonds is 2. The van der Waals surface area contributed by atoms with E-state index in [-0.39, 0.29) is 11.7 Å². The smallest absolute Gasteiger partial charge is 0.294 e. The second-order valence-electron chi connectivity index (χ2n) is 3.56. The first-order valence-electron chi connectivity index (χ1n) is 4.93. The van der Waals surface area contributed by atoms with Gasteiger partial charge in [0.05, 0.1) is 17.6 Å². The van der Waals surface area contributed by atoms with Gasteiger partial charge in [-0.2, -0.15) is 0 Å². The van der Waals surface area contributed by atoms with Crippen molar-refractivity contribution in [3.05, 3.63) is 40.0 Å². The van der Waals surface area contributed by atoms with Crippen molar-refractivity contribution in [2.45, 2.75) is 13.8 Å². The Kier molecular flexibility index (Phi) is 3.23. The van der Waals surface area contributed by atoms with E-state index in [1.165, 1.54) is 6.20 Å². The molecule has 1 amide bonds. The van der Waals surface area contributed by atoms with E-state index in [0.717, 1.165) is 10.3 Å². The molecular weight excluding hydrogens is 286 g/mol. The Morgan fingerprint density at radius 3 is 2.76 bits per heavy atom. The lowest BCUT2D eigenvalue weighted by Gasteiger charge is -2.06. The highest BCUT2D eigenvalue weighted by molar-refractivity contribution is 9.10. The van der Waals surface area contributed by atoms with Gasteiger partial charge in [-0.3, -0.25) is 4.79 Å². The minimum atomic E-state index is -0.327. The van der Waals surface area contributed by atoms with Crippen molar-refractivity contribution >= 4 is 27.5 Å². The molecule has 0 aromatic carbocycles. The predicted molar refractivity (Wildman–Crippen MR) is 65.9 cm³/mol. The average Bonchev–Trinajstić information content (AvgIpc) is 2.68. The number of pyridine rings is 1. The molecule has 0 radical (unpaired) electrons. The van der Waals surface area contributed by atoms with Crippen LogP contribution in [0.1, 0.15) is 21.8 Å². The summed E-state index contributed by atoms with van der Waals surface area (Å²) < 4.78 is 5.60. The van der Waals surface area contributed by atoms with Crippen LogP contribution in [-0.2, 0) is 0 Å². The average molecular weight is 296 g/mol. The molecule has 2 aromatic heterocycles. The summed E-state index contributed by atoms with van der Waals surface area (Å²) in [6.07, 6.45) is 1.50. The molecule has 2 aromatic rings. The zero-order chi connectivity index (χ0) is 12.4. The fourth-order valence-corrected chi connectivity index (χ4v) is 1.75. The van der Waals surface area contributed by atoms with Crippen molar-refractivity contribution in [2.75, 3.05) is 5.32 Å². The summed E-state index contributed by atoms with van der Waals surface area (Å²) in [7, 11) is 0. The number of anilines is 1. The Morgan fingerprint density at radius 2 is 2.18 bits per heavy atom. The number of carbonyl (C=O) groups is 1. The molecule has 0 saturated carbocycles. The van der Waals surface area contributed by atoms with Crippen LogP contribution >= 0.6 is 15.9 Å². The van der Waals surface area contributed by atoms with Crippen LogP contribution in [0.5, 0.6) is 0 Å². The molecule has 0 aliphatic rings. The van der Waals surface area contributed by atoms with Gasteiger partial charge in [0.1, 0.15) is 4.60 Å². The van der Waals surface area contributed by atoms with Gasteiger partial charge in [-0.1, -0.05) is 5.16 Å². The minimum Gasteiger partial charge on any atom is -0.351 e. The van der Waals surface area contributed by atoms with Crippen LogP contribution in [0, 0.1) is 13.8 Å². The summed E-state index contributed by atoms with van der Waals surface area (Å²) in [6, 6.07) is 3.53. The van der Waals surface area contributed by atoms with Crippen molar-refractivity contribution in [2.24, 2.45) is 0 Å². The Bertz CT molecular complexity index is 566. The number of amides is 1. The van der Waals surface area contributed by atoms with Crippen molar-refractivity contribution in [1.29, 1.82) is 0 Å². The van der Waals surface area contributed by atoms with E-state index in [1.807, 2.05) is 6.92 Å². The van der Waals surface area contributed by atoms with Gasteiger partial charge >= 0.3 is 0 Å². The number of carbonyl (C=O) groups excluding carboxylic acids is 1. The molecule has 2 rings (SSSR count). The molecule has 0 aliphatic carbocycles. The Labute approximate surface area is 106 Å². The van der Waals surface area contributed by atoms with Gasteiger partial charge in [-0.15, -0.1) is 0 Å².